The second-order valence-electron chi connectivity index (χ2n) is 5.72. The number of methoxy groups -OCH3 is 1. The van der Waals surface area contributed by atoms with Crippen molar-refractivity contribution in [1.29, 1.82) is 0 Å². The van der Waals surface area contributed by atoms with Crippen molar-refractivity contribution in [3.05, 3.63) is 22.7 Å². The fourth-order valence-electron chi connectivity index (χ4n) is 2.31. The number of halogens is 1. The van der Waals surface area contributed by atoms with Crippen LogP contribution in [0, 0.1) is 5.92 Å². The van der Waals surface area contributed by atoms with Crippen LogP contribution in [0.2, 0.25) is 5.02 Å². The summed E-state index contributed by atoms with van der Waals surface area (Å²) in [5.74, 6) is -1.36. The van der Waals surface area contributed by atoms with Crippen LogP contribution in [0.4, 0.5) is 0 Å². The van der Waals surface area contributed by atoms with Gasteiger partial charge in [-0.25, -0.2) is 9.59 Å². The molecule has 0 aromatic heterocycles. The minimum absolute atomic E-state index is 0.0144. The van der Waals surface area contributed by atoms with Gasteiger partial charge in [-0.05, 0) is 18.1 Å². The maximum absolute atomic E-state index is 12.1. The van der Waals surface area contributed by atoms with E-state index in [2.05, 4.69) is 10.1 Å². The highest BCUT2D eigenvalue weighted by molar-refractivity contribution is 6.32. The Morgan fingerprint density at radius 2 is 2.04 bits per heavy atom. The molecule has 0 bridgehead atoms. The molecule has 0 fully saturated rings. The van der Waals surface area contributed by atoms with Crippen molar-refractivity contribution in [2.75, 3.05) is 20.5 Å². The van der Waals surface area contributed by atoms with Gasteiger partial charge < -0.3 is 24.3 Å². The molecule has 142 valence electrons. The van der Waals surface area contributed by atoms with Gasteiger partial charge in [-0.3, -0.25) is 4.79 Å². The predicted octanol–water partition coefficient (Wildman–Crippen LogP) is 1.93. The largest absolute Gasteiger partial charge is 0.467 e. The number of esters is 2. The Kier molecular flexibility index (Phi) is 6.68. The zero-order valence-corrected chi connectivity index (χ0v) is 15.4. The SMILES string of the molecule is CC[C@@H](C)[C@H](NC(=O)COC(=O)c1cc(Cl)c2c(c1)OCO2)C(=O)OC. The van der Waals surface area contributed by atoms with E-state index in [4.69, 9.17) is 25.8 Å². The van der Waals surface area contributed by atoms with E-state index in [1.807, 2.05) is 13.8 Å². The number of carbonyl (C=O) groups is 3. The number of hydrogen-bond donors (Lipinski definition) is 1. The van der Waals surface area contributed by atoms with Gasteiger partial charge in [-0.15, -0.1) is 0 Å². The number of hydrogen-bond acceptors (Lipinski definition) is 7. The molecular weight excluding hydrogens is 366 g/mol. The third-order valence-corrected chi connectivity index (χ3v) is 4.26. The lowest BCUT2D eigenvalue weighted by Gasteiger charge is -2.21. The Balaban J connectivity index is 1.95. The monoisotopic (exact) mass is 385 g/mol. The van der Waals surface area contributed by atoms with Gasteiger partial charge >= 0.3 is 11.9 Å². The molecule has 0 spiro atoms. The van der Waals surface area contributed by atoms with Gasteiger partial charge in [-0.2, -0.15) is 0 Å². The number of rotatable bonds is 7. The normalized spacial score (nSPS) is 14.3. The Hall–Kier alpha value is -2.48. The van der Waals surface area contributed by atoms with E-state index in [9.17, 15) is 14.4 Å². The number of fused-ring (bicyclic) bond motifs is 1. The Bertz CT molecular complexity index is 707. The second-order valence-corrected chi connectivity index (χ2v) is 6.13. The van der Waals surface area contributed by atoms with Crippen molar-refractivity contribution in [2.24, 2.45) is 5.92 Å². The summed E-state index contributed by atoms with van der Waals surface area (Å²) in [6.07, 6.45) is 0.662. The number of amides is 1. The van der Waals surface area contributed by atoms with E-state index in [-0.39, 0.29) is 23.3 Å². The molecule has 8 nitrogen and oxygen atoms in total. The van der Waals surface area contributed by atoms with Crippen LogP contribution in [-0.4, -0.2) is 44.4 Å². The third kappa shape index (κ3) is 4.57. The molecule has 0 unspecified atom stereocenters. The average molecular weight is 386 g/mol. The molecule has 0 radical (unpaired) electrons. The lowest BCUT2D eigenvalue weighted by molar-refractivity contribution is -0.147. The zero-order chi connectivity index (χ0) is 19.3. The number of ether oxygens (including phenoxy) is 4. The summed E-state index contributed by atoms with van der Waals surface area (Å²) in [5, 5.41) is 2.72. The standard InChI is InChI=1S/C17H20ClNO7/c1-4-9(2)14(17(22)23-3)19-13(20)7-24-16(21)10-5-11(18)15-12(6-10)25-8-26-15/h5-6,9,14H,4,7-8H2,1-3H3,(H,19,20)/t9-,14+/m1/s1. The van der Waals surface area contributed by atoms with Crippen molar-refractivity contribution >= 4 is 29.4 Å². The quantitative estimate of drug-likeness (QED) is 0.715. The molecule has 2 atom stereocenters. The van der Waals surface area contributed by atoms with Crippen molar-refractivity contribution < 1.29 is 33.3 Å². The van der Waals surface area contributed by atoms with Gasteiger partial charge in [-0.1, -0.05) is 31.9 Å². The van der Waals surface area contributed by atoms with Crippen LogP contribution >= 0.6 is 11.6 Å². The maximum atomic E-state index is 12.1. The van der Waals surface area contributed by atoms with Crippen LogP contribution in [0.1, 0.15) is 30.6 Å². The summed E-state index contributed by atoms with van der Waals surface area (Å²) in [7, 11) is 1.24. The fraction of sp³-hybridized carbons (Fsp3) is 0.471. The van der Waals surface area contributed by atoms with Gasteiger partial charge in [0.25, 0.3) is 5.91 Å². The van der Waals surface area contributed by atoms with E-state index < -0.39 is 30.5 Å². The molecule has 9 heteroatoms. The lowest BCUT2D eigenvalue weighted by Crippen LogP contribution is -2.47. The van der Waals surface area contributed by atoms with Crippen LogP contribution in [0.25, 0.3) is 0 Å². The fourth-order valence-corrected chi connectivity index (χ4v) is 2.58. The van der Waals surface area contributed by atoms with Gasteiger partial charge in [0.2, 0.25) is 6.79 Å². The van der Waals surface area contributed by atoms with Crippen LogP contribution < -0.4 is 14.8 Å². The zero-order valence-electron chi connectivity index (χ0n) is 14.7. The van der Waals surface area contributed by atoms with Crippen LogP contribution in [0.3, 0.4) is 0 Å². The van der Waals surface area contributed by atoms with Crippen LogP contribution in [-0.2, 0) is 19.1 Å². The molecular formula is C17H20ClNO7. The molecule has 1 N–H and O–H groups in total. The van der Waals surface area contributed by atoms with E-state index in [1.165, 1.54) is 19.2 Å². The molecule has 1 aliphatic heterocycles. The first kappa shape index (κ1) is 19.8. The van der Waals surface area contributed by atoms with Crippen molar-refractivity contribution in [3.63, 3.8) is 0 Å². The molecule has 1 heterocycles. The average Bonchev–Trinajstić information content (AvgIpc) is 3.12. The van der Waals surface area contributed by atoms with Crippen molar-refractivity contribution in [1.82, 2.24) is 5.32 Å². The first-order valence-electron chi connectivity index (χ1n) is 8.00. The smallest absolute Gasteiger partial charge is 0.338 e. The highest BCUT2D eigenvalue weighted by Crippen LogP contribution is 2.39. The molecule has 0 saturated heterocycles. The van der Waals surface area contributed by atoms with E-state index in [1.54, 1.807) is 0 Å². The Morgan fingerprint density at radius 3 is 2.69 bits per heavy atom. The van der Waals surface area contributed by atoms with E-state index >= 15 is 0 Å². The molecule has 1 aromatic carbocycles. The molecule has 2 rings (SSSR count). The first-order valence-corrected chi connectivity index (χ1v) is 8.38. The Labute approximate surface area is 155 Å². The molecule has 26 heavy (non-hydrogen) atoms. The number of nitrogens with one attached hydrogen (secondary N) is 1. The Morgan fingerprint density at radius 1 is 1.31 bits per heavy atom. The van der Waals surface area contributed by atoms with Gasteiger partial charge in [0.1, 0.15) is 6.04 Å². The summed E-state index contributed by atoms with van der Waals surface area (Å²) in [5.41, 5.74) is 0.124. The van der Waals surface area contributed by atoms with Crippen LogP contribution in [0.15, 0.2) is 12.1 Å². The summed E-state index contributed by atoms with van der Waals surface area (Å²) in [6.45, 7) is 3.16. The molecule has 0 saturated carbocycles. The van der Waals surface area contributed by atoms with E-state index in [0.29, 0.717) is 17.9 Å². The molecule has 0 aliphatic carbocycles. The minimum atomic E-state index is -0.809. The predicted molar refractivity (Wildman–Crippen MR) is 91.3 cm³/mol. The summed E-state index contributed by atoms with van der Waals surface area (Å²) < 4.78 is 20.0. The highest BCUT2D eigenvalue weighted by Gasteiger charge is 2.27. The van der Waals surface area contributed by atoms with E-state index in [0.717, 1.165) is 0 Å². The van der Waals surface area contributed by atoms with Gasteiger partial charge in [0.05, 0.1) is 17.7 Å². The van der Waals surface area contributed by atoms with Crippen molar-refractivity contribution in [2.45, 2.75) is 26.3 Å². The molecule has 1 aromatic rings. The summed E-state index contributed by atoms with van der Waals surface area (Å²) >= 11 is 6.01. The molecule has 1 aliphatic rings. The van der Waals surface area contributed by atoms with Gasteiger partial charge in [0.15, 0.2) is 18.1 Å². The summed E-state index contributed by atoms with van der Waals surface area (Å²) in [6, 6.07) is 1.98. The third-order valence-electron chi connectivity index (χ3n) is 3.98. The number of carbonyl (C=O) groups excluding carboxylic acids is 3. The first-order chi connectivity index (χ1) is 12.4. The lowest BCUT2D eigenvalue weighted by atomic mass is 9.99. The number of benzene rings is 1. The van der Waals surface area contributed by atoms with Crippen molar-refractivity contribution in [3.8, 4) is 11.5 Å². The topological polar surface area (TPSA) is 100 Å². The highest BCUT2D eigenvalue weighted by atomic mass is 35.5. The maximum Gasteiger partial charge on any atom is 0.338 e. The van der Waals surface area contributed by atoms with Gasteiger partial charge in [0, 0.05) is 0 Å². The molecule has 1 amide bonds. The minimum Gasteiger partial charge on any atom is -0.467 e. The second kappa shape index (κ2) is 8.75. The van der Waals surface area contributed by atoms with Crippen LogP contribution in [0.5, 0.6) is 11.5 Å². The summed E-state index contributed by atoms with van der Waals surface area (Å²) in [4.78, 5) is 35.9.